The summed E-state index contributed by atoms with van der Waals surface area (Å²) in [6.45, 7) is 0.935. The number of amides is 2. The summed E-state index contributed by atoms with van der Waals surface area (Å²) in [6, 6.07) is 9.28. The van der Waals surface area contributed by atoms with E-state index in [4.69, 9.17) is 4.74 Å². The minimum atomic E-state index is -0.344. The number of benzene rings is 1. The van der Waals surface area contributed by atoms with Crippen LogP contribution in [0.25, 0.3) is 0 Å². The highest BCUT2D eigenvalue weighted by Crippen LogP contribution is 2.31. The Labute approximate surface area is 137 Å². The van der Waals surface area contributed by atoms with Gasteiger partial charge in [0.05, 0.1) is 11.4 Å². The van der Waals surface area contributed by atoms with Crippen LogP contribution in [0.15, 0.2) is 30.3 Å². The Morgan fingerprint density at radius 3 is 2.96 bits per heavy atom. The molecule has 23 heavy (non-hydrogen) atoms. The molecule has 1 fully saturated rings. The molecule has 1 aliphatic heterocycles. The van der Waals surface area contributed by atoms with Crippen LogP contribution in [0.1, 0.15) is 26.5 Å². The molecule has 2 amide bonds. The van der Waals surface area contributed by atoms with Gasteiger partial charge in [-0.15, -0.1) is 11.3 Å². The molecule has 5 nitrogen and oxygen atoms in total. The van der Waals surface area contributed by atoms with Gasteiger partial charge in [-0.3, -0.25) is 9.69 Å². The van der Waals surface area contributed by atoms with Crippen molar-refractivity contribution in [1.82, 2.24) is 0 Å². The molecule has 2 aliphatic rings. The second-order valence-electron chi connectivity index (χ2n) is 5.68. The molecule has 1 aromatic carbocycles. The Morgan fingerprint density at radius 1 is 1.26 bits per heavy atom. The van der Waals surface area contributed by atoms with Crippen molar-refractivity contribution in [2.45, 2.75) is 19.3 Å². The fraction of sp³-hybridized carbons (Fsp3) is 0.294. The number of hydrogen-bond donors (Lipinski definition) is 1. The van der Waals surface area contributed by atoms with Crippen molar-refractivity contribution in [3.63, 3.8) is 0 Å². The lowest BCUT2D eigenvalue weighted by Gasteiger charge is -2.14. The first-order valence-corrected chi connectivity index (χ1v) is 8.50. The molecule has 0 saturated carbocycles. The van der Waals surface area contributed by atoms with Gasteiger partial charge in [-0.05, 0) is 49.1 Å². The number of nitrogens with zero attached hydrogens (tertiary/aromatic N) is 1. The summed E-state index contributed by atoms with van der Waals surface area (Å²) in [4.78, 5) is 27.7. The van der Waals surface area contributed by atoms with Crippen LogP contribution in [0.2, 0.25) is 0 Å². The number of cyclic esters (lactones) is 1. The normalized spacial score (nSPS) is 16.3. The molecular formula is C17H16N2O3S. The molecule has 118 valence electrons. The molecule has 1 aliphatic carbocycles. The smallest absolute Gasteiger partial charge is 0.414 e. The van der Waals surface area contributed by atoms with Crippen LogP contribution in [-0.2, 0) is 17.6 Å². The molecule has 2 aromatic rings. The van der Waals surface area contributed by atoms with E-state index in [1.54, 1.807) is 22.3 Å². The Bertz CT molecular complexity index is 762. The molecule has 0 bridgehead atoms. The Hall–Kier alpha value is -2.34. The Balaban J connectivity index is 1.51. The van der Waals surface area contributed by atoms with E-state index in [1.807, 2.05) is 24.3 Å². The SMILES string of the molecule is O=C(Nc1cccc(N2CCOC2=O)c1)c1cc2c(s1)CCC2. The van der Waals surface area contributed by atoms with Crippen LogP contribution >= 0.6 is 11.3 Å². The van der Waals surface area contributed by atoms with Crippen LogP contribution in [0.4, 0.5) is 16.2 Å². The van der Waals surface area contributed by atoms with Gasteiger partial charge in [0.2, 0.25) is 0 Å². The summed E-state index contributed by atoms with van der Waals surface area (Å²) in [5, 5.41) is 2.92. The number of aryl methyl sites for hydroxylation is 2. The van der Waals surface area contributed by atoms with E-state index in [0.29, 0.717) is 18.8 Å². The summed E-state index contributed by atoms with van der Waals surface area (Å²) in [7, 11) is 0. The van der Waals surface area contributed by atoms with Crippen molar-refractivity contribution >= 4 is 34.7 Å². The third-order valence-corrected chi connectivity index (χ3v) is 5.38. The van der Waals surface area contributed by atoms with Gasteiger partial charge in [0.15, 0.2) is 0 Å². The lowest BCUT2D eigenvalue weighted by atomic mass is 10.2. The Kier molecular flexibility index (Phi) is 3.53. The number of rotatable bonds is 3. The second kappa shape index (κ2) is 5.70. The van der Waals surface area contributed by atoms with Crippen molar-refractivity contribution < 1.29 is 14.3 Å². The first kappa shape index (κ1) is 14.3. The molecule has 0 radical (unpaired) electrons. The van der Waals surface area contributed by atoms with Gasteiger partial charge in [-0.2, -0.15) is 0 Å². The number of fused-ring (bicyclic) bond motifs is 1. The van der Waals surface area contributed by atoms with Crippen LogP contribution in [0.5, 0.6) is 0 Å². The maximum Gasteiger partial charge on any atom is 0.414 e. The molecule has 1 saturated heterocycles. The lowest BCUT2D eigenvalue weighted by molar-refractivity contribution is 0.103. The van der Waals surface area contributed by atoms with Gasteiger partial charge in [0, 0.05) is 16.3 Å². The van der Waals surface area contributed by atoms with Crippen molar-refractivity contribution in [2.75, 3.05) is 23.4 Å². The summed E-state index contributed by atoms with van der Waals surface area (Å²) in [5.74, 6) is -0.0921. The fourth-order valence-electron chi connectivity index (χ4n) is 3.01. The number of carbonyl (C=O) groups is 2. The van der Waals surface area contributed by atoms with E-state index in [-0.39, 0.29) is 12.0 Å². The molecular weight excluding hydrogens is 312 g/mol. The minimum absolute atomic E-state index is 0.0921. The predicted molar refractivity (Wildman–Crippen MR) is 89.4 cm³/mol. The van der Waals surface area contributed by atoms with E-state index in [2.05, 4.69) is 5.32 Å². The number of ether oxygens (including phenoxy) is 1. The highest BCUT2D eigenvalue weighted by atomic mass is 32.1. The second-order valence-corrected chi connectivity index (χ2v) is 6.82. The van der Waals surface area contributed by atoms with Crippen LogP contribution in [-0.4, -0.2) is 25.2 Å². The zero-order valence-corrected chi connectivity index (χ0v) is 13.3. The maximum absolute atomic E-state index is 12.4. The van der Waals surface area contributed by atoms with Gasteiger partial charge >= 0.3 is 6.09 Å². The molecule has 1 aromatic heterocycles. The largest absolute Gasteiger partial charge is 0.447 e. The molecule has 6 heteroatoms. The molecule has 2 heterocycles. The first-order valence-electron chi connectivity index (χ1n) is 7.68. The highest BCUT2D eigenvalue weighted by Gasteiger charge is 2.24. The van der Waals surface area contributed by atoms with Gasteiger partial charge < -0.3 is 10.1 Å². The van der Waals surface area contributed by atoms with E-state index in [0.717, 1.165) is 23.4 Å². The summed E-state index contributed by atoms with van der Waals surface area (Å²) >= 11 is 1.58. The molecule has 1 N–H and O–H groups in total. The van der Waals surface area contributed by atoms with Crippen molar-refractivity contribution in [3.8, 4) is 0 Å². The van der Waals surface area contributed by atoms with Gasteiger partial charge in [0.1, 0.15) is 6.61 Å². The first-order chi connectivity index (χ1) is 11.2. The molecule has 0 spiro atoms. The third-order valence-electron chi connectivity index (χ3n) is 4.15. The van der Waals surface area contributed by atoms with E-state index in [1.165, 1.54) is 16.9 Å². The van der Waals surface area contributed by atoms with Crippen LogP contribution in [0.3, 0.4) is 0 Å². The van der Waals surface area contributed by atoms with Crippen LogP contribution < -0.4 is 10.2 Å². The fourth-order valence-corrected chi connectivity index (χ4v) is 4.16. The van der Waals surface area contributed by atoms with Crippen LogP contribution in [0, 0.1) is 0 Å². The van der Waals surface area contributed by atoms with E-state index >= 15 is 0 Å². The van der Waals surface area contributed by atoms with E-state index < -0.39 is 0 Å². The number of anilines is 2. The van der Waals surface area contributed by atoms with Gasteiger partial charge in [0.25, 0.3) is 5.91 Å². The zero-order chi connectivity index (χ0) is 15.8. The summed E-state index contributed by atoms with van der Waals surface area (Å²) in [5.41, 5.74) is 2.73. The zero-order valence-electron chi connectivity index (χ0n) is 12.5. The lowest BCUT2D eigenvalue weighted by Crippen LogP contribution is -2.23. The van der Waals surface area contributed by atoms with Crippen molar-refractivity contribution in [1.29, 1.82) is 0 Å². The number of thiophene rings is 1. The minimum Gasteiger partial charge on any atom is -0.447 e. The average molecular weight is 328 g/mol. The number of hydrogen-bond acceptors (Lipinski definition) is 4. The monoisotopic (exact) mass is 328 g/mol. The average Bonchev–Trinajstić information content (AvgIpc) is 3.22. The summed E-state index contributed by atoms with van der Waals surface area (Å²) < 4.78 is 4.95. The van der Waals surface area contributed by atoms with E-state index in [9.17, 15) is 9.59 Å². The standard InChI is InChI=1S/C17H16N2O3S/c20-16(15-9-11-3-1-6-14(11)23-15)18-12-4-2-5-13(10-12)19-7-8-22-17(19)21/h2,4-5,9-10H,1,3,6-8H2,(H,18,20). The van der Waals surface area contributed by atoms with Crippen molar-refractivity contribution in [3.05, 3.63) is 45.6 Å². The van der Waals surface area contributed by atoms with Gasteiger partial charge in [-0.1, -0.05) is 6.07 Å². The maximum atomic E-state index is 12.4. The van der Waals surface area contributed by atoms with Gasteiger partial charge in [-0.25, -0.2) is 4.79 Å². The number of carbonyl (C=O) groups excluding carboxylic acids is 2. The third kappa shape index (κ3) is 2.70. The molecule has 0 atom stereocenters. The quantitative estimate of drug-likeness (QED) is 0.939. The topological polar surface area (TPSA) is 58.6 Å². The molecule has 0 unspecified atom stereocenters. The van der Waals surface area contributed by atoms with Crippen molar-refractivity contribution in [2.24, 2.45) is 0 Å². The Morgan fingerprint density at radius 2 is 2.17 bits per heavy atom. The molecule has 4 rings (SSSR count). The number of nitrogens with one attached hydrogen (secondary N) is 1. The predicted octanol–water partition coefficient (Wildman–Crippen LogP) is 3.45. The highest BCUT2D eigenvalue weighted by molar-refractivity contribution is 7.14. The summed E-state index contributed by atoms with van der Waals surface area (Å²) in [6.07, 6.45) is 3.01.